The highest BCUT2D eigenvalue weighted by molar-refractivity contribution is 7.14. The fourth-order valence-corrected chi connectivity index (χ4v) is 3.32. The van der Waals surface area contributed by atoms with Crippen molar-refractivity contribution >= 4 is 34.0 Å². The van der Waals surface area contributed by atoms with Crippen LogP contribution in [0.3, 0.4) is 0 Å². The summed E-state index contributed by atoms with van der Waals surface area (Å²) < 4.78 is 18.1. The molecule has 0 atom stereocenters. The van der Waals surface area contributed by atoms with Crippen molar-refractivity contribution in [2.24, 2.45) is 0 Å². The summed E-state index contributed by atoms with van der Waals surface area (Å²) in [5, 5.41) is 2.26. The van der Waals surface area contributed by atoms with Crippen LogP contribution >= 0.6 is 11.3 Å². The third-order valence-electron chi connectivity index (χ3n) is 3.70. The van der Waals surface area contributed by atoms with Gasteiger partial charge in [0.05, 0.1) is 17.8 Å². The van der Waals surface area contributed by atoms with Crippen molar-refractivity contribution in [1.82, 2.24) is 4.98 Å². The van der Waals surface area contributed by atoms with Gasteiger partial charge in [0, 0.05) is 12.3 Å². The van der Waals surface area contributed by atoms with Gasteiger partial charge in [-0.3, -0.25) is 14.5 Å². The van der Waals surface area contributed by atoms with Gasteiger partial charge >= 0.3 is 5.97 Å². The van der Waals surface area contributed by atoms with E-state index in [-0.39, 0.29) is 24.8 Å². The minimum absolute atomic E-state index is 0.0110. The molecule has 0 saturated heterocycles. The molecule has 1 aromatic heterocycles. The van der Waals surface area contributed by atoms with E-state index in [0.717, 1.165) is 5.69 Å². The Kier molecular flexibility index (Phi) is 5.93. The number of ether oxygens (including phenoxy) is 1. The van der Waals surface area contributed by atoms with Crippen LogP contribution in [0.25, 0.3) is 0 Å². The van der Waals surface area contributed by atoms with E-state index in [9.17, 15) is 14.0 Å². The van der Waals surface area contributed by atoms with Crippen LogP contribution in [0.5, 0.6) is 0 Å². The second kappa shape index (κ2) is 8.55. The highest BCUT2D eigenvalue weighted by Gasteiger charge is 2.18. The van der Waals surface area contributed by atoms with E-state index < -0.39 is 5.97 Å². The Bertz CT molecular complexity index is 926. The van der Waals surface area contributed by atoms with Gasteiger partial charge in [0.25, 0.3) is 0 Å². The van der Waals surface area contributed by atoms with Crippen LogP contribution in [0.4, 0.5) is 15.2 Å². The molecule has 5 nitrogen and oxygen atoms in total. The number of carbonyl (C=O) groups is 2. The van der Waals surface area contributed by atoms with Crippen LogP contribution < -0.4 is 4.90 Å². The summed E-state index contributed by atoms with van der Waals surface area (Å²) in [4.78, 5) is 29.9. The molecule has 0 spiro atoms. The molecule has 0 aliphatic rings. The molecule has 1 amide bonds. The molecule has 27 heavy (non-hydrogen) atoms. The summed E-state index contributed by atoms with van der Waals surface area (Å²) in [7, 11) is 0. The number of halogens is 1. The summed E-state index contributed by atoms with van der Waals surface area (Å²) in [5.41, 5.74) is 1.95. The first-order valence-electron chi connectivity index (χ1n) is 8.23. The SMILES string of the molecule is CC(=O)N(c1ccccc1)c1nc(COC(=O)Cc2ccc(F)cc2)cs1. The summed E-state index contributed by atoms with van der Waals surface area (Å²) in [6, 6.07) is 14.9. The maximum Gasteiger partial charge on any atom is 0.310 e. The van der Waals surface area contributed by atoms with Crippen molar-refractivity contribution in [2.75, 3.05) is 4.90 Å². The number of benzene rings is 2. The standard InChI is InChI=1S/C20H17FN2O3S/c1-14(24)23(18-5-3-2-4-6-18)20-22-17(13-27-20)12-26-19(25)11-15-7-9-16(21)10-8-15/h2-10,13H,11-12H2,1H3. The van der Waals surface area contributed by atoms with Crippen molar-refractivity contribution in [2.45, 2.75) is 20.0 Å². The summed E-state index contributed by atoms with van der Waals surface area (Å²) in [5.74, 6) is -0.936. The average Bonchev–Trinajstić information content (AvgIpc) is 3.11. The molecule has 0 radical (unpaired) electrons. The van der Waals surface area contributed by atoms with Crippen molar-refractivity contribution in [3.05, 3.63) is 77.1 Å². The largest absolute Gasteiger partial charge is 0.459 e. The van der Waals surface area contributed by atoms with Gasteiger partial charge in [-0.25, -0.2) is 9.37 Å². The number of thiazole rings is 1. The Labute approximate surface area is 160 Å². The molecule has 2 aromatic carbocycles. The normalized spacial score (nSPS) is 10.4. The third-order valence-corrected chi connectivity index (χ3v) is 4.58. The predicted molar refractivity (Wildman–Crippen MR) is 101 cm³/mol. The van der Waals surface area contributed by atoms with Crippen LogP contribution in [-0.4, -0.2) is 16.9 Å². The second-order valence-corrected chi connectivity index (χ2v) is 6.61. The number of anilines is 2. The minimum Gasteiger partial charge on any atom is -0.459 e. The second-order valence-electron chi connectivity index (χ2n) is 5.78. The summed E-state index contributed by atoms with van der Waals surface area (Å²) >= 11 is 1.30. The number of para-hydroxylation sites is 1. The van der Waals surface area contributed by atoms with Crippen molar-refractivity contribution in [3.63, 3.8) is 0 Å². The molecular formula is C20H17FN2O3S. The van der Waals surface area contributed by atoms with Gasteiger partial charge in [0.2, 0.25) is 5.91 Å². The molecule has 0 fully saturated rings. The van der Waals surface area contributed by atoms with E-state index in [1.54, 1.807) is 17.5 Å². The first-order chi connectivity index (χ1) is 13.0. The first-order valence-corrected chi connectivity index (χ1v) is 9.11. The fraction of sp³-hybridized carbons (Fsp3) is 0.150. The van der Waals surface area contributed by atoms with E-state index in [1.165, 1.54) is 35.3 Å². The van der Waals surface area contributed by atoms with Gasteiger partial charge in [0.15, 0.2) is 5.13 Å². The number of hydrogen-bond donors (Lipinski definition) is 0. The van der Waals surface area contributed by atoms with Crippen LogP contribution in [0.1, 0.15) is 18.2 Å². The smallest absolute Gasteiger partial charge is 0.310 e. The molecule has 0 bridgehead atoms. The molecule has 0 saturated carbocycles. The molecule has 3 aromatic rings. The Morgan fingerprint density at radius 2 is 1.81 bits per heavy atom. The Morgan fingerprint density at radius 3 is 2.48 bits per heavy atom. The summed E-state index contributed by atoms with van der Waals surface area (Å²) in [6.07, 6.45) is 0.0564. The molecule has 1 heterocycles. The molecule has 0 unspecified atom stereocenters. The zero-order chi connectivity index (χ0) is 19.2. The van der Waals surface area contributed by atoms with E-state index in [1.807, 2.05) is 30.3 Å². The van der Waals surface area contributed by atoms with E-state index in [2.05, 4.69) is 4.98 Å². The molecule has 3 rings (SSSR count). The van der Waals surface area contributed by atoms with Crippen molar-refractivity contribution < 1.29 is 18.7 Å². The lowest BCUT2D eigenvalue weighted by atomic mass is 10.1. The molecule has 7 heteroatoms. The van der Waals surface area contributed by atoms with Gasteiger partial charge in [-0.1, -0.05) is 30.3 Å². The zero-order valence-electron chi connectivity index (χ0n) is 14.6. The average molecular weight is 384 g/mol. The van der Waals surface area contributed by atoms with Gasteiger partial charge in [-0.05, 0) is 29.8 Å². The van der Waals surface area contributed by atoms with Gasteiger partial charge < -0.3 is 4.74 Å². The minimum atomic E-state index is -0.428. The Morgan fingerprint density at radius 1 is 1.11 bits per heavy atom. The van der Waals surface area contributed by atoms with E-state index in [4.69, 9.17) is 4.74 Å². The number of hydrogen-bond acceptors (Lipinski definition) is 5. The number of rotatable bonds is 6. The van der Waals surface area contributed by atoms with Crippen molar-refractivity contribution in [3.8, 4) is 0 Å². The lowest BCUT2D eigenvalue weighted by Crippen LogP contribution is -2.22. The van der Waals surface area contributed by atoms with Crippen LogP contribution in [-0.2, 0) is 27.4 Å². The van der Waals surface area contributed by atoms with Gasteiger partial charge in [-0.15, -0.1) is 11.3 Å². The highest BCUT2D eigenvalue weighted by atomic mass is 32.1. The van der Waals surface area contributed by atoms with Crippen LogP contribution in [0.15, 0.2) is 60.0 Å². The number of aromatic nitrogens is 1. The maximum atomic E-state index is 12.9. The molecule has 0 N–H and O–H groups in total. The van der Waals surface area contributed by atoms with Crippen LogP contribution in [0, 0.1) is 5.82 Å². The molecule has 0 aliphatic heterocycles. The third kappa shape index (κ3) is 4.98. The van der Waals surface area contributed by atoms with Crippen molar-refractivity contribution in [1.29, 1.82) is 0 Å². The van der Waals surface area contributed by atoms with Crippen LogP contribution in [0.2, 0.25) is 0 Å². The number of esters is 1. The molecular weight excluding hydrogens is 367 g/mol. The van der Waals surface area contributed by atoms with E-state index >= 15 is 0 Å². The maximum absolute atomic E-state index is 12.9. The van der Waals surface area contributed by atoms with Gasteiger partial charge in [-0.2, -0.15) is 0 Å². The molecule has 0 aliphatic carbocycles. The quantitative estimate of drug-likeness (QED) is 0.596. The highest BCUT2D eigenvalue weighted by Crippen LogP contribution is 2.28. The number of nitrogens with zero attached hydrogens (tertiary/aromatic N) is 2. The lowest BCUT2D eigenvalue weighted by Gasteiger charge is -2.17. The first kappa shape index (κ1) is 18.7. The molecule has 138 valence electrons. The lowest BCUT2D eigenvalue weighted by molar-refractivity contribution is -0.144. The zero-order valence-corrected chi connectivity index (χ0v) is 15.4. The number of amides is 1. The topological polar surface area (TPSA) is 59.5 Å². The van der Waals surface area contributed by atoms with E-state index in [0.29, 0.717) is 16.4 Å². The predicted octanol–water partition coefficient (Wildman–Crippen LogP) is 4.25. The van der Waals surface area contributed by atoms with Gasteiger partial charge in [0.1, 0.15) is 12.4 Å². The fourth-order valence-electron chi connectivity index (χ4n) is 2.44. The Balaban J connectivity index is 1.62. The monoisotopic (exact) mass is 384 g/mol. The number of carbonyl (C=O) groups excluding carboxylic acids is 2. The Hall–Kier alpha value is -3.06. The summed E-state index contributed by atoms with van der Waals surface area (Å²) in [6.45, 7) is 1.48.